The third-order valence-corrected chi connectivity index (χ3v) is 2.99. The molecule has 0 bridgehead atoms. The van der Waals surface area contributed by atoms with Crippen LogP contribution in [0.25, 0.3) is 0 Å². The van der Waals surface area contributed by atoms with Gasteiger partial charge in [-0.15, -0.1) is 0 Å². The van der Waals surface area contributed by atoms with E-state index in [4.69, 9.17) is 11.6 Å². The standard InChI is InChI=1S/C8H8BrCl/c1-5-3-4-7(9)8(10)6(5)2/h3-4H,1-2H3. The van der Waals surface area contributed by atoms with Gasteiger partial charge in [0.05, 0.1) is 5.02 Å². The van der Waals surface area contributed by atoms with E-state index in [0.717, 1.165) is 15.1 Å². The lowest BCUT2D eigenvalue weighted by Crippen LogP contribution is -1.81. The van der Waals surface area contributed by atoms with E-state index in [0.29, 0.717) is 0 Å². The van der Waals surface area contributed by atoms with E-state index >= 15 is 0 Å². The maximum Gasteiger partial charge on any atom is 0.0579 e. The quantitative estimate of drug-likeness (QED) is 0.624. The fourth-order valence-electron chi connectivity index (χ4n) is 0.749. The summed E-state index contributed by atoms with van der Waals surface area (Å²) in [4.78, 5) is 0. The van der Waals surface area contributed by atoms with Crippen molar-refractivity contribution in [3.05, 3.63) is 32.8 Å². The summed E-state index contributed by atoms with van der Waals surface area (Å²) in [5, 5.41) is 0.819. The zero-order chi connectivity index (χ0) is 7.72. The number of halogens is 2. The number of hydrogen-bond donors (Lipinski definition) is 0. The Labute approximate surface area is 74.3 Å². The van der Waals surface area contributed by atoms with Crippen molar-refractivity contribution in [3.8, 4) is 0 Å². The van der Waals surface area contributed by atoms with Crippen molar-refractivity contribution in [2.24, 2.45) is 0 Å². The van der Waals surface area contributed by atoms with E-state index in [1.807, 2.05) is 26.0 Å². The summed E-state index contributed by atoms with van der Waals surface area (Å²) >= 11 is 9.28. The van der Waals surface area contributed by atoms with Gasteiger partial charge in [-0.1, -0.05) is 17.7 Å². The monoisotopic (exact) mass is 218 g/mol. The third-order valence-electron chi connectivity index (χ3n) is 1.61. The summed E-state index contributed by atoms with van der Waals surface area (Å²) in [6, 6.07) is 4.01. The van der Waals surface area contributed by atoms with Crippen LogP contribution >= 0.6 is 27.5 Å². The van der Waals surface area contributed by atoms with Crippen LogP contribution in [-0.4, -0.2) is 0 Å². The molecular formula is C8H8BrCl. The Hall–Kier alpha value is -0.0100. The molecule has 1 aromatic carbocycles. The molecule has 0 N–H and O–H groups in total. The average Bonchev–Trinajstić information content (AvgIpc) is 1.93. The highest BCUT2D eigenvalue weighted by molar-refractivity contribution is 9.10. The highest BCUT2D eigenvalue weighted by Gasteiger charge is 2.01. The minimum Gasteiger partial charge on any atom is -0.0828 e. The van der Waals surface area contributed by atoms with Crippen LogP contribution in [0.3, 0.4) is 0 Å². The maximum atomic E-state index is 5.94. The van der Waals surface area contributed by atoms with E-state index in [2.05, 4.69) is 15.9 Å². The Bertz CT molecular complexity index is 229. The first-order chi connectivity index (χ1) is 4.63. The fourth-order valence-corrected chi connectivity index (χ4v) is 1.39. The second kappa shape index (κ2) is 2.93. The van der Waals surface area contributed by atoms with Gasteiger partial charge in [0.2, 0.25) is 0 Å². The molecule has 0 nitrogen and oxygen atoms in total. The van der Waals surface area contributed by atoms with Crippen molar-refractivity contribution < 1.29 is 0 Å². The molecule has 0 atom stereocenters. The zero-order valence-electron chi connectivity index (χ0n) is 5.91. The molecule has 0 radical (unpaired) electrons. The summed E-state index contributed by atoms with van der Waals surface area (Å²) < 4.78 is 0.970. The van der Waals surface area contributed by atoms with Crippen molar-refractivity contribution in [3.63, 3.8) is 0 Å². The minimum absolute atomic E-state index is 0.819. The molecule has 0 amide bonds. The van der Waals surface area contributed by atoms with Crippen LogP contribution in [0.15, 0.2) is 16.6 Å². The van der Waals surface area contributed by atoms with Gasteiger partial charge in [-0.3, -0.25) is 0 Å². The number of rotatable bonds is 0. The summed E-state index contributed by atoms with van der Waals surface area (Å²) in [6.45, 7) is 4.07. The summed E-state index contributed by atoms with van der Waals surface area (Å²) in [6.07, 6.45) is 0. The zero-order valence-corrected chi connectivity index (χ0v) is 8.25. The molecule has 0 saturated heterocycles. The van der Waals surface area contributed by atoms with Gasteiger partial charge >= 0.3 is 0 Å². The Morgan fingerprint density at radius 1 is 1.30 bits per heavy atom. The fraction of sp³-hybridized carbons (Fsp3) is 0.250. The van der Waals surface area contributed by atoms with Crippen LogP contribution < -0.4 is 0 Å². The van der Waals surface area contributed by atoms with Crippen LogP contribution in [0, 0.1) is 13.8 Å². The number of benzene rings is 1. The predicted molar refractivity (Wildman–Crippen MR) is 48.6 cm³/mol. The van der Waals surface area contributed by atoms with Crippen LogP contribution in [0.1, 0.15) is 11.1 Å². The predicted octanol–water partition coefficient (Wildman–Crippen LogP) is 3.72. The highest BCUT2D eigenvalue weighted by Crippen LogP contribution is 2.27. The maximum absolute atomic E-state index is 5.94. The molecule has 0 aliphatic rings. The van der Waals surface area contributed by atoms with Crippen molar-refractivity contribution in [2.75, 3.05) is 0 Å². The van der Waals surface area contributed by atoms with Crippen molar-refractivity contribution in [2.45, 2.75) is 13.8 Å². The van der Waals surface area contributed by atoms with E-state index in [-0.39, 0.29) is 0 Å². The lowest BCUT2D eigenvalue weighted by Gasteiger charge is -2.02. The molecule has 0 saturated carbocycles. The molecule has 0 aliphatic carbocycles. The molecule has 0 unspecified atom stereocenters. The lowest BCUT2D eigenvalue weighted by molar-refractivity contribution is 1.33. The average molecular weight is 220 g/mol. The second-order valence-electron chi connectivity index (χ2n) is 2.30. The van der Waals surface area contributed by atoms with Gasteiger partial charge in [-0.25, -0.2) is 0 Å². The molecule has 10 heavy (non-hydrogen) atoms. The molecule has 1 aromatic rings. The van der Waals surface area contributed by atoms with Gasteiger partial charge in [0.25, 0.3) is 0 Å². The molecule has 0 fully saturated rings. The first-order valence-corrected chi connectivity index (χ1v) is 4.21. The highest BCUT2D eigenvalue weighted by atomic mass is 79.9. The first kappa shape index (κ1) is 8.09. The van der Waals surface area contributed by atoms with Crippen molar-refractivity contribution in [1.82, 2.24) is 0 Å². The second-order valence-corrected chi connectivity index (χ2v) is 3.54. The Kier molecular flexibility index (Phi) is 2.37. The Balaban J connectivity index is 3.34. The summed E-state index contributed by atoms with van der Waals surface area (Å²) in [7, 11) is 0. The van der Waals surface area contributed by atoms with Gasteiger partial charge in [0, 0.05) is 4.47 Å². The van der Waals surface area contributed by atoms with Gasteiger partial charge in [0.15, 0.2) is 0 Å². The third kappa shape index (κ3) is 1.35. The van der Waals surface area contributed by atoms with Crippen LogP contribution in [0.4, 0.5) is 0 Å². The molecule has 54 valence electrons. The van der Waals surface area contributed by atoms with Gasteiger partial charge in [-0.05, 0) is 47.0 Å². The van der Waals surface area contributed by atoms with Crippen LogP contribution in [-0.2, 0) is 0 Å². The molecule has 0 heterocycles. The number of hydrogen-bond acceptors (Lipinski definition) is 0. The van der Waals surface area contributed by atoms with Crippen molar-refractivity contribution in [1.29, 1.82) is 0 Å². The first-order valence-electron chi connectivity index (χ1n) is 3.04. The molecule has 1 rings (SSSR count). The Morgan fingerprint density at radius 3 is 2.40 bits per heavy atom. The minimum atomic E-state index is 0.819. The van der Waals surface area contributed by atoms with Crippen LogP contribution in [0.5, 0.6) is 0 Å². The SMILES string of the molecule is Cc1ccc(Br)c(Cl)c1C. The topological polar surface area (TPSA) is 0 Å². The summed E-state index contributed by atoms with van der Waals surface area (Å²) in [5.41, 5.74) is 2.38. The number of aryl methyl sites for hydroxylation is 1. The van der Waals surface area contributed by atoms with Crippen molar-refractivity contribution >= 4 is 27.5 Å². The van der Waals surface area contributed by atoms with E-state index in [1.165, 1.54) is 5.56 Å². The summed E-state index contributed by atoms with van der Waals surface area (Å²) in [5.74, 6) is 0. The lowest BCUT2D eigenvalue weighted by atomic mass is 10.1. The van der Waals surface area contributed by atoms with Gasteiger partial charge in [0.1, 0.15) is 0 Å². The molecule has 0 aromatic heterocycles. The normalized spacial score (nSPS) is 10.0. The molecule has 0 aliphatic heterocycles. The van der Waals surface area contributed by atoms with E-state index < -0.39 is 0 Å². The smallest absolute Gasteiger partial charge is 0.0579 e. The van der Waals surface area contributed by atoms with Crippen LogP contribution in [0.2, 0.25) is 5.02 Å². The van der Waals surface area contributed by atoms with Gasteiger partial charge in [-0.2, -0.15) is 0 Å². The Morgan fingerprint density at radius 2 is 1.90 bits per heavy atom. The molecule has 0 spiro atoms. The largest absolute Gasteiger partial charge is 0.0828 e. The van der Waals surface area contributed by atoms with E-state index in [1.54, 1.807) is 0 Å². The van der Waals surface area contributed by atoms with Gasteiger partial charge < -0.3 is 0 Å². The molecule has 2 heteroatoms. The molecular weight excluding hydrogens is 211 g/mol. The van der Waals surface area contributed by atoms with E-state index in [9.17, 15) is 0 Å².